The van der Waals surface area contributed by atoms with E-state index in [2.05, 4.69) is 16.3 Å². The quantitative estimate of drug-likeness (QED) is 0.743. The summed E-state index contributed by atoms with van der Waals surface area (Å²) in [6.45, 7) is 5.40. The average Bonchev–Trinajstić information content (AvgIpc) is 2.55. The largest absolute Gasteiger partial charge is 0.396 e. The molecule has 5 nitrogen and oxygen atoms in total. The van der Waals surface area contributed by atoms with Crippen molar-refractivity contribution in [2.24, 2.45) is 17.6 Å². The number of carbonyl (C=O) groups is 1. The van der Waals surface area contributed by atoms with E-state index in [0.29, 0.717) is 19.1 Å². The summed E-state index contributed by atoms with van der Waals surface area (Å²) in [4.78, 5) is 14.3. The van der Waals surface area contributed by atoms with Crippen LogP contribution in [0.2, 0.25) is 0 Å². The summed E-state index contributed by atoms with van der Waals surface area (Å²) >= 11 is 0. The van der Waals surface area contributed by atoms with Gasteiger partial charge in [-0.25, -0.2) is 0 Å². The van der Waals surface area contributed by atoms with E-state index >= 15 is 0 Å². The molecule has 1 aromatic carbocycles. The number of amides is 1. The van der Waals surface area contributed by atoms with Crippen molar-refractivity contribution in [2.75, 3.05) is 31.6 Å². The van der Waals surface area contributed by atoms with Gasteiger partial charge >= 0.3 is 0 Å². The fourth-order valence-corrected chi connectivity index (χ4v) is 2.71. The molecule has 0 aromatic heterocycles. The van der Waals surface area contributed by atoms with Crippen LogP contribution in [-0.4, -0.2) is 42.2 Å². The van der Waals surface area contributed by atoms with Crippen LogP contribution in [0.25, 0.3) is 0 Å². The molecule has 0 spiro atoms. The lowest BCUT2D eigenvalue weighted by atomic mass is 9.97. The third kappa shape index (κ3) is 4.80. The summed E-state index contributed by atoms with van der Waals surface area (Å²) in [5.41, 5.74) is 7.54. The van der Waals surface area contributed by atoms with Crippen LogP contribution < -0.4 is 11.1 Å². The summed E-state index contributed by atoms with van der Waals surface area (Å²) in [6, 6.07) is 7.99. The van der Waals surface area contributed by atoms with Crippen LogP contribution in [0.3, 0.4) is 0 Å². The van der Waals surface area contributed by atoms with E-state index in [1.165, 1.54) is 5.56 Å². The molecule has 1 saturated heterocycles. The van der Waals surface area contributed by atoms with Crippen LogP contribution in [0, 0.1) is 11.8 Å². The van der Waals surface area contributed by atoms with Gasteiger partial charge in [-0.3, -0.25) is 9.69 Å². The Kier molecular flexibility index (Phi) is 6.36. The van der Waals surface area contributed by atoms with Gasteiger partial charge in [-0.15, -0.1) is 0 Å². The monoisotopic (exact) mass is 305 g/mol. The van der Waals surface area contributed by atoms with Gasteiger partial charge in [0, 0.05) is 31.3 Å². The van der Waals surface area contributed by atoms with Crippen molar-refractivity contribution in [1.82, 2.24) is 4.90 Å². The molecular formula is C17H27N3O2. The van der Waals surface area contributed by atoms with Gasteiger partial charge in [0.1, 0.15) is 0 Å². The molecule has 0 aliphatic carbocycles. The van der Waals surface area contributed by atoms with Gasteiger partial charge in [-0.05, 0) is 49.5 Å². The third-order valence-corrected chi connectivity index (χ3v) is 4.37. The summed E-state index contributed by atoms with van der Waals surface area (Å²) in [6.07, 6.45) is 2.11. The second-order valence-corrected chi connectivity index (χ2v) is 6.23. The number of carbonyl (C=O) groups excluding carboxylic acids is 1. The maximum atomic E-state index is 11.9. The van der Waals surface area contributed by atoms with Crippen LogP contribution in [0.5, 0.6) is 0 Å². The van der Waals surface area contributed by atoms with E-state index in [9.17, 15) is 9.90 Å². The highest BCUT2D eigenvalue weighted by atomic mass is 16.3. The molecule has 1 unspecified atom stereocenters. The Bertz CT molecular complexity index is 485. The van der Waals surface area contributed by atoms with Crippen LogP contribution in [-0.2, 0) is 11.3 Å². The molecule has 5 heteroatoms. The van der Waals surface area contributed by atoms with Gasteiger partial charge in [0.05, 0.1) is 0 Å². The summed E-state index contributed by atoms with van der Waals surface area (Å²) in [5.74, 6) is 0.240. The molecule has 0 radical (unpaired) electrons. The number of nitrogens with one attached hydrogen (secondary N) is 1. The Morgan fingerprint density at radius 3 is 2.82 bits per heavy atom. The van der Waals surface area contributed by atoms with Gasteiger partial charge < -0.3 is 16.2 Å². The molecule has 1 heterocycles. The molecule has 0 saturated carbocycles. The molecule has 1 aliphatic rings. The summed E-state index contributed by atoms with van der Waals surface area (Å²) in [5, 5.41) is 12.1. The van der Waals surface area contributed by atoms with E-state index in [1.54, 1.807) is 0 Å². The average molecular weight is 305 g/mol. The Balaban J connectivity index is 1.90. The van der Waals surface area contributed by atoms with E-state index in [4.69, 9.17) is 5.73 Å². The van der Waals surface area contributed by atoms with Gasteiger partial charge in [0.2, 0.25) is 5.91 Å². The number of benzene rings is 1. The molecular weight excluding hydrogens is 278 g/mol. The highest BCUT2D eigenvalue weighted by Gasteiger charge is 2.18. The Morgan fingerprint density at radius 2 is 2.18 bits per heavy atom. The van der Waals surface area contributed by atoms with Crippen molar-refractivity contribution < 1.29 is 9.90 Å². The number of piperidine rings is 1. The van der Waals surface area contributed by atoms with E-state index in [1.807, 2.05) is 25.1 Å². The zero-order chi connectivity index (χ0) is 15.9. The third-order valence-electron chi connectivity index (χ3n) is 4.37. The number of hydrogen-bond donors (Lipinski definition) is 3. The molecule has 22 heavy (non-hydrogen) atoms. The minimum Gasteiger partial charge on any atom is -0.396 e. The first-order valence-electron chi connectivity index (χ1n) is 8.05. The summed E-state index contributed by atoms with van der Waals surface area (Å²) in [7, 11) is 0. The fraction of sp³-hybridized carbons (Fsp3) is 0.588. The highest BCUT2D eigenvalue weighted by molar-refractivity contribution is 5.92. The first-order valence-corrected chi connectivity index (χ1v) is 8.05. The van der Waals surface area contributed by atoms with Crippen LogP contribution in [0.1, 0.15) is 25.3 Å². The normalized spacial score (nSPS) is 18.1. The number of aliphatic hydroxyl groups is 1. The molecule has 1 aromatic rings. The van der Waals surface area contributed by atoms with Crippen molar-refractivity contribution in [3.05, 3.63) is 29.8 Å². The first kappa shape index (κ1) is 16.9. The molecule has 1 aliphatic heterocycles. The number of anilines is 1. The van der Waals surface area contributed by atoms with Crippen LogP contribution in [0.4, 0.5) is 5.69 Å². The van der Waals surface area contributed by atoms with Gasteiger partial charge in [-0.1, -0.05) is 19.1 Å². The number of aliphatic hydroxyl groups excluding tert-OH is 1. The molecule has 1 fully saturated rings. The second kappa shape index (κ2) is 8.27. The van der Waals surface area contributed by atoms with Crippen molar-refractivity contribution in [1.29, 1.82) is 0 Å². The van der Waals surface area contributed by atoms with Crippen molar-refractivity contribution >= 4 is 11.6 Å². The lowest BCUT2D eigenvalue weighted by Crippen LogP contribution is -2.34. The number of likely N-dealkylation sites (tertiary alicyclic amines) is 1. The zero-order valence-corrected chi connectivity index (χ0v) is 13.3. The number of hydrogen-bond acceptors (Lipinski definition) is 4. The minimum atomic E-state index is -0.179. The maximum Gasteiger partial charge on any atom is 0.228 e. The number of nitrogens with zero attached hydrogens (tertiary/aromatic N) is 1. The van der Waals surface area contributed by atoms with Crippen molar-refractivity contribution in [3.8, 4) is 0 Å². The van der Waals surface area contributed by atoms with E-state index < -0.39 is 0 Å². The molecule has 1 atom stereocenters. The predicted octanol–water partition coefficient (Wildman–Crippen LogP) is 1.42. The summed E-state index contributed by atoms with van der Waals surface area (Å²) < 4.78 is 0. The fourth-order valence-electron chi connectivity index (χ4n) is 2.71. The molecule has 2 rings (SSSR count). The van der Waals surface area contributed by atoms with Gasteiger partial charge in [0.15, 0.2) is 0 Å². The van der Waals surface area contributed by atoms with Gasteiger partial charge in [-0.2, -0.15) is 0 Å². The number of nitrogens with two attached hydrogens (primary N) is 1. The topological polar surface area (TPSA) is 78.6 Å². The lowest BCUT2D eigenvalue weighted by molar-refractivity contribution is -0.119. The predicted molar refractivity (Wildman–Crippen MR) is 88.4 cm³/mol. The second-order valence-electron chi connectivity index (χ2n) is 6.23. The van der Waals surface area contributed by atoms with E-state index in [0.717, 1.165) is 38.2 Å². The molecule has 122 valence electrons. The zero-order valence-electron chi connectivity index (χ0n) is 13.3. The lowest BCUT2D eigenvalue weighted by Gasteiger charge is -2.31. The SMILES string of the molecule is CC(CN)C(=O)Nc1cccc(CN2CCC(CO)CC2)c1. The number of rotatable bonds is 6. The van der Waals surface area contributed by atoms with Crippen LogP contribution in [0.15, 0.2) is 24.3 Å². The van der Waals surface area contributed by atoms with Crippen LogP contribution >= 0.6 is 0 Å². The first-order chi connectivity index (χ1) is 10.6. The van der Waals surface area contributed by atoms with Crippen molar-refractivity contribution in [3.63, 3.8) is 0 Å². The van der Waals surface area contributed by atoms with E-state index in [-0.39, 0.29) is 11.8 Å². The maximum absolute atomic E-state index is 11.9. The van der Waals surface area contributed by atoms with Gasteiger partial charge in [0.25, 0.3) is 0 Å². The molecule has 1 amide bonds. The standard InChI is InChI=1S/C17H27N3O2/c1-13(10-18)17(22)19-16-4-2-3-15(9-16)11-20-7-5-14(12-21)6-8-20/h2-4,9,13-14,21H,5-8,10-12,18H2,1H3,(H,19,22). The Morgan fingerprint density at radius 1 is 1.45 bits per heavy atom. The Hall–Kier alpha value is -1.43. The van der Waals surface area contributed by atoms with Crippen molar-refractivity contribution in [2.45, 2.75) is 26.3 Å². The molecule has 0 bridgehead atoms. The molecule has 4 N–H and O–H groups in total. The smallest absolute Gasteiger partial charge is 0.228 e. The minimum absolute atomic E-state index is 0.0385. The highest BCUT2D eigenvalue weighted by Crippen LogP contribution is 2.20. The Labute approximate surface area is 132 Å².